The number of hydrogen-bond donors (Lipinski definition) is 2. The Labute approximate surface area is 33.1 Å². The van der Waals surface area contributed by atoms with Gasteiger partial charge in [-0.1, -0.05) is 0 Å². The molecule has 0 heterocycles. The van der Waals surface area contributed by atoms with E-state index in [9.17, 15) is 0 Å². The van der Waals surface area contributed by atoms with Gasteiger partial charge in [-0.3, -0.25) is 0 Å². The van der Waals surface area contributed by atoms with Crippen LogP contribution in [0.3, 0.4) is 0 Å². The van der Waals surface area contributed by atoms with E-state index >= 15 is 0 Å². The Morgan fingerprint density at radius 2 is 1.00 bits per heavy atom. The van der Waals surface area contributed by atoms with Crippen LogP contribution in [0.4, 0.5) is 0 Å². The van der Waals surface area contributed by atoms with Crippen LogP contribution in [0.15, 0.2) is 0 Å². The predicted octanol–water partition coefficient (Wildman–Crippen LogP) is -1.47. The number of rotatable bonds is 0. The quantitative estimate of drug-likeness (QED) is 0.421. The first-order valence-electron chi connectivity index (χ1n) is 0.865. The van der Waals surface area contributed by atoms with Crippen LogP contribution in [0.2, 0.25) is 0 Å². The first-order chi connectivity index (χ1) is 2.24. The molecule has 0 aliphatic heterocycles. The minimum atomic E-state index is -7.12. The Morgan fingerprint density at radius 3 is 1.00 bits per heavy atom. The van der Waals surface area contributed by atoms with Crippen LogP contribution in [-0.2, 0) is 23.9 Å². The van der Waals surface area contributed by atoms with E-state index < -0.39 is 12.5 Å². The summed E-state index contributed by atoms with van der Waals surface area (Å²) in [7, 11) is 0. The molecule has 0 aromatic heterocycles. The average molecular weight is 134 g/mol. The van der Waals surface area contributed by atoms with Gasteiger partial charge in [0.15, 0.2) is 0 Å². The molecule has 0 fully saturated rings. The van der Waals surface area contributed by atoms with E-state index in [0.29, 0.717) is 0 Å². The molecule has 0 bridgehead atoms. The van der Waals surface area contributed by atoms with Crippen LogP contribution in [-0.4, -0.2) is 8.32 Å². The molecule has 0 atom stereocenters. The first-order valence-corrected chi connectivity index (χ1v) is 3.57. The van der Waals surface area contributed by atoms with Crippen molar-refractivity contribution in [3.05, 3.63) is 0 Å². The van der Waals surface area contributed by atoms with E-state index in [4.69, 9.17) is 19.7 Å². The van der Waals surface area contributed by atoms with Gasteiger partial charge in [0.2, 0.25) is 0 Å². The third kappa shape index (κ3) is 1440. The Hall–Kier alpha value is -0.148. The summed E-state index contributed by atoms with van der Waals surface area (Å²) >= 11 is -7.12. The van der Waals surface area contributed by atoms with Gasteiger partial charge in [-0.25, -0.2) is 0 Å². The van der Waals surface area contributed by atoms with E-state index in [1.54, 1.807) is 0 Å². The summed E-state index contributed by atoms with van der Waals surface area (Å²) < 4.78 is 40.6. The average Bonchev–Trinajstić information content (AvgIpc) is 0.650. The first kappa shape index (κ1) is 5.85. The van der Waals surface area contributed by atoms with Crippen molar-refractivity contribution in [2.24, 2.45) is 0 Å². The van der Waals surface area contributed by atoms with Gasteiger partial charge in [0.05, 0.1) is 0 Å². The maximum absolute atomic E-state index is 8.85. The zero-order chi connectivity index (χ0) is 5.45. The second-order valence-electron chi connectivity index (χ2n) is 0.733. The van der Waals surface area contributed by atoms with Crippen molar-refractivity contribution in [2.45, 2.75) is 0 Å². The zero-order valence-corrected chi connectivity index (χ0v) is 3.80. The molecule has 0 saturated carbocycles. The van der Waals surface area contributed by atoms with Gasteiger partial charge in [-0.05, 0) is 0 Å². The fourth-order valence-electron chi connectivity index (χ4n) is 0. The van der Waals surface area contributed by atoms with E-state index in [2.05, 4.69) is 0 Å². The van der Waals surface area contributed by atoms with Crippen molar-refractivity contribution in [2.75, 3.05) is 0 Å². The van der Waals surface area contributed by atoms with Crippen molar-refractivity contribution in [1.29, 1.82) is 0 Å². The van der Waals surface area contributed by atoms with Crippen molar-refractivity contribution in [3.63, 3.8) is 0 Å². The summed E-state index contributed by atoms with van der Waals surface area (Å²) in [6.45, 7) is 0. The molecule has 5 nitrogen and oxygen atoms in total. The van der Waals surface area contributed by atoms with E-state index in [-0.39, 0.29) is 0 Å². The molecule has 0 aliphatic carbocycles. The third-order valence-electron chi connectivity index (χ3n) is 0. The van der Waals surface area contributed by atoms with E-state index in [0.717, 1.165) is 0 Å². The van der Waals surface area contributed by atoms with Crippen LogP contribution < -0.4 is 0 Å². The van der Waals surface area contributed by atoms with Crippen molar-refractivity contribution in [3.8, 4) is 0 Å². The number of hydrogen-bond acceptors (Lipinski definition) is 3. The second kappa shape index (κ2) is 0.742. The molecule has 0 saturated heterocycles. The van der Waals surface area contributed by atoms with Crippen LogP contribution in [0.25, 0.3) is 0 Å². The molecule has 0 aromatic carbocycles. The Bertz CT molecular complexity index is 182. The van der Waals surface area contributed by atoms with E-state index in [1.165, 1.54) is 0 Å². The molecule has 2 N–H and O–H groups in total. The van der Waals surface area contributed by atoms with Crippen LogP contribution >= 0.6 is 0 Å². The van der Waals surface area contributed by atoms with Crippen LogP contribution in [0.1, 0.15) is 0 Å². The van der Waals surface area contributed by atoms with Gasteiger partial charge in [0.25, 0.3) is 0 Å². The van der Waals surface area contributed by atoms with Crippen LogP contribution in [0, 0.1) is 0 Å². The third-order valence-corrected chi connectivity index (χ3v) is 0. The molecule has 0 unspecified atom stereocenters. The summed E-state index contributed by atoms with van der Waals surface area (Å²) in [5.41, 5.74) is 0. The summed E-state index contributed by atoms with van der Waals surface area (Å²) in [6, 6.07) is 0. The molecule has 6 heteroatoms. The Balaban J connectivity index is 5.37. The minimum absolute atomic E-state index is 7.04. The van der Waals surface area contributed by atoms with Gasteiger partial charge in [0, 0.05) is 0 Å². The zero-order valence-electron chi connectivity index (χ0n) is 2.53. The summed E-state index contributed by atoms with van der Waals surface area (Å²) in [5, 5.41) is 0. The predicted molar refractivity (Wildman–Crippen MR) is 6.50 cm³/mol. The molecule has 0 aliphatic rings. The van der Waals surface area contributed by atoms with Gasteiger partial charge in [-0.2, -0.15) is 0 Å². The summed E-state index contributed by atoms with van der Waals surface area (Å²) in [4.78, 5) is 0. The standard InChI is InChI=1S/Cr.2H2O.3O/h;2*1H2;;;/q+2;;;;;/p-2. The van der Waals surface area contributed by atoms with Crippen LogP contribution in [0.5, 0.6) is 0 Å². The molecule has 0 rings (SSSR count). The molecule has 0 amide bonds. The normalized spacial score (nSPS) is 14.5. The summed E-state index contributed by atoms with van der Waals surface area (Å²) in [6.07, 6.45) is 0. The molecular formula is H2CrO5. The molecule has 0 spiro atoms. The van der Waals surface area contributed by atoms with Crippen molar-refractivity contribution in [1.82, 2.24) is 0 Å². The molecule has 0 aromatic rings. The SMILES string of the molecule is [O]=[Cr](=[O])(=[O])([OH])[OH]. The topological polar surface area (TPSA) is 91.7 Å². The fraction of sp³-hybridized carbons (Fsp3) is 0. The van der Waals surface area contributed by atoms with Gasteiger partial charge in [0.1, 0.15) is 0 Å². The van der Waals surface area contributed by atoms with Gasteiger partial charge in [-0.15, -0.1) is 0 Å². The molecule has 38 valence electrons. The Kier molecular flexibility index (Phi) is 0.724. The van der Waals surface area contributed by atoms with Crippen molar-refractivity contribution < 1.29 is 32.2 Å². The van der Waals surface area contributed by atoms with Crippen molar-refractivity contribution >= 4 is 0 Å². The van der Waals surface area contributed by atoms with E-state index in [1.807, 2.05) is 0 Å². The molecular weight excluding hydrogens is 132 g/mol. The maximum atomic E-state index is 8.85. The molecule has 0 radical (unpaired) electrons. The fourth-order valence-corrected chi connectivity index (χ4v) is 0. The monoisotopic (exact) mass is 134 g/mol. The Morgan fingerprint density at radius 1 is 1.00 bits per heavy atom. The second-order valence-corrected chi connectivity index (χ2v) is 3.02. The van der Waals surface area contributed by atoms with Gasteiger partial charge >= 0.3 is 32.2 Å². The van der Waals surface area contributed by atoms with Gasteiger partial charge < -0.3 is 0 Å². The summed E-state index contributed by atoms with van der Waals surface area (Å²) in [5.74, 6) is 0. The molecule has 6 heavy (non-hydrogen) atoms.